The van der Waals surface area contributed by atoms with Gasteiger partial charge in [0, 0.05) is 28.9 Å². The van der Waals surface area contributed by atoms with E-state index in [-0.39, 0.29) is 0 Å². The fraction of sp³-hybridized carbons (Fsp3) is 0.0870. The first-order chi connectivity index (χ1) is 14.3. The summed E-state index contributed by atoms with van der Waals surface area (Å²) in [5, 5.41) is 12.7. The number of nitrogens with one attached hydrogen (secondary N) is 2. The molecule has 0 spiro atoms. The van der Waals surface area contributed by atoms with Crippen LogP contribution in [0.4, 0.5) is 11.5 Å². The van der Waals surface area contributed by atoms with Gasteiger partial charge < -0.3 is 10.1 Å². The lowest BCUT2D eigenvalue weighted by atomic mass is 10.1. The summed E-state index contributed by atoms with van der Waals surface area (Å²) < 4.78 is 5.35. The number of fused-ring (bicyclic) bond motifs is 3. The van der Waals surface area contributed by atoms with Gasteiger partial charge in [0.15, 0.2) is 5.82 Å². The molecule has 2 N–H and O–H groups in total. The molecule has 3 aromatic heterocycles. The van der Waals surface area contributed by atoms with E-state index >= 15 is 0 Å². The van der Waals surface area contributed by atoms with Crippen molar-refractivity contribution in [2.45, 2.75) is 6.42 Å². The van der Waals surface area contributed by atoms with Crippen molar-refractivity contribution in [3.05, 3.63) is 84.3 Å². The zero-order chi connectivity index (χ0) is 19.6. The molecule has 0 aliphatic rings. The van der Waals surface area contributed by atoms with E-state index in [1.165, 1.54) is 11.1 Å². The fourth-order valence-corrected chi connectivity index (χ4v) is 3.47. The highest BCUT2D eigenvalue weighted by Gasteiger charge is 2.11. The van der Waals surface area contributed by atoms with Crippen LogP contribution >= 0.6 is 0 Å². The van der Waals surface area contributed by atoms with Crippen molar-refractivity contribution >= 4 is 33.3 Å². The number of H-pyrrole nitrogens is 1. The normalized spacial score (nSPS) is 11.1. The molecule has 0 aliphatic heterocycles. The monoisotopic (exact) mass is 381 g/mol. The summed E-state index contributed by atoms with van der Waals surface area (Å²) in [5.74, 6) is 1.55. The summed E-state index contributed by atoms with van der Waals surface area (Å²) in [7, 11) is 1.66. The van der Waals surface area contributed by atoms with Crippen molar-refractivity contribution in [3.63, 3.8) is 0 Å². The van der Waals surface area contributed by atoms with E-state index < -0.39 is 0 Å². The van der Waals surface area contributed by atoms with Gasteiger partial charge in [-0.2, -0.15) is 5.10 Å². The van der Waals surface area contributed by atoms with Gasteiger partial charge in [0.1, 0.15) is 11.3 Å². The lowest BCUT2D eigenvalue weighted by Gasteiger charge is -2.10. The number of anilines is 2. The molecule has 0 saturated heterocycles. The van der Waals surface area contributed by atoms with Crippen molar-refractivity contribution in [1.82, 2.24) is 20.2 Å². The highest BCUT2D eigenvalue weighted by atomic mass is 16.5. The average molecular weight is 381 g/mol. The molecule has 142 valence electrons. The van der Waals surface area contributed by atoms with Gasteiger partial charge in [0.25, 0.3) is 0 Å². The second kappa shape index (κ2) is 7.24. The molecule has 0 bridgehead atoms. The molecule has 6 heteroatoms. The van der Waals surface area contributed by atoms with E-state index in [0.717, 1.165) is 45.5 Å². The Morgan fingerprint density at radius 3 is 2.52 bits per heavy atom. The highest BCUT2D eigenvalue weighted by molar-refractivity contribution is 6.09. The standard InChI is InChI=1S/C23H19N5O/c1-29-18-6-7-21-19(13-18)20-14-25-28-22(20)23(27-21)26-17-4-2-15(3-5-17)12-16-8-10-24-11-9-16/h2-11,13-14H,12H2,1H3,(H,25,28)(H,26,27). The van der Waals surface area contributed by atoms with E-state index in [0.29, 0.717) is 0 Å². The van der Waals surface area contributed by atoms with Crippen LogP contribution in [-0.4, -0.2) is 27.3 Å². The number of benzene rings is 2. The van der Waals surface area contributed by atoms with Crippen LogP contribution in [0.2, 0.25) is 0 Å². The second-order valence-corrected chi connectivity index (χ2v) is 6.86. The maximum atomic E-state index is 5.35. The molecule has 3 heterocycles. The van der Waals surface area contributed by atoms with E-state index in [1.54, 1.807) is 7.11 Å². The summed E-state index contributed by atoms with van der Waals surface area (Å²) >= 11 is 0. The smallest absolute Gasteiger partial charge is 0.157 e. The maximum Gasteiger partial charge on any atom is 0.157 e. The Hall–Kier alpha value is -3.93. The van der Waals surface area contributed by atoms with Crippen LogP contribution in [-0.2, 0) is 6.42 Å². The quantitative estimate of drug-likeness (QED) is 0.455. The predicted molar refractivity (Wildman–Crippen MR) is 115 cm³/mol. The summed E-state index contributed by atoms with van der Waals surface area (Å²) in [4.78, 5) is 8.86. The predicted octanol–water partition coefficient (Wildman–Crippen LogP) is 4.85. The molecular formula is C23H19N5O. The first-order valence-corrected chi connectivity index (χ1v) is 9.36. The molecule has 0 unspecified atom stereocenters. The van der Waals surface area contributed by atoms with Crippen molar-refractivity contribution in [3.8, 4) is 5.75 Å². The van der Waals surface area contributed by atoms with E-state index in [4.69, 9.17) is 9.72 Å². The third-order valence-electron chi connectivity index (χ3n) is 4.98. The minimum Gasteiger partial charge on any atom is -0.497 e. The van der Waals surface area contributed by atoms with Gasteiger partial charge in [0.05, 0.1) is 18.8 Å². The molecule has 6 nitrogen and oxygen atoms in total. The molecule has 0 atom stereocenters. The molecule has 0 saturated carbocycles. The summed E-state index contributed by atoms with van der Waals surface area (Å²) in [5.41, 5.74) is 5.21. The molecule has 0 radical (unpaired) electrons. The van der Waals surface area contributed by atoms with Crippen LogP contribution < -0.4 is 10.1 Å². The van der Waals surface area contributed by atoms with Crippen molar-refractivity contribution in [2.24, 2.45) is 0 Å². The third-order valence-corrected chi connectivity index (χ3v) is 4.98. The van der Waals surface area contributed by atoms with E-state index in [9.17, 15) is 0 Å². The third kappa shape index (κ3) is 3.36. The second-order valence-electron chi connectivity index (χ2n) is 6.86. The van der Waals surface area contributed by atoms with Gasteiger partial charge in [-0.05, 0) is 60.0 Å². The highest BCUT2D eigenvalue weighted by Crippen LogP contribution is 2.31. The summed E-state index contributed by atoms with van der Waals surface area (Å²) in [6.07, 6.45) is 6.34. The molecule has 0 aliphatic carbocycles. The molecule has 0 fully saturated rings. The molecule has 29 heavy (non-hydrogen) atoms. The molecule has 2 aromatic carbocycles. The lowest BCUT2D eigenvalue weighted by molar-refractivity contribution is 0.415. The maximum absolute atomic E-state index is 5.35. The Morgan fingerprint density at radius 2 is 1.72 bits per heavy atom. The number of rotatable bonds is 5. The van der Waals surface area contributed by atoms with Crippen LogP contribution in [0, 0.1) is 0 Å². The van der Waals surface area contributed by atoms with Crippen LogP contribution in [0.15, 0.2) is 73.2 Å². The Labute approximate surface area is 167 Å². The number of methoxy groups -OCH3 is 1. The first kappa shape index (κ1) is 17.2. The topological polar surface area (TPSA) is 75.7 Å². The summed E-state index contributed by atoms with van der Waals surface area (Å²) in [6, 6.07) is 18.3. The van der Waals surface area contributed by atoms with Gasteiger partial charge in [-0.1, -0.05) is 12.1 Å². The number of hydrogen-bond donors (Lipinski definition) is 2. The van der Waals surface area contributed by atoms with Crippen molar-refractivity contribution in [2.75, 3.05) is 12.4 Å². The van der Waals surface area contributed by atoms with Gasteiger partial charge in [0.2, 0.25) is 0 Å². The zero-order valence-electron chi connectivity index (χ0n) is 15.9. The minimum atomic E-state index is 0.747. The number of nitrogens with zero attached hydrogens (tertiary/aromatic N) is 3. The molecular weight excluding hydrogens is 362 g/mol. The fourth-order valence-electron chi connectivity index (χ4n) is 3.47. The van der Waals surface area contributed by atoms with Gasteiger partial charge in [-0.15, -0.1) is 0 Å². The largest absolute Gasteiger partial charge is 0.497 e. The van der Waals surface area contributed by atoms with Crippen LogP contribution in [0.1, 0.15) is 11.1 Å². The molecule has 5 rings (SSSR count). The van der Waals surface area contributed by atoms with Crippen LogP contribution in [0.3, 0.4) is 0 Å². The summed E-state index contributed by atoms with van der Waals surface area (Å²) in [6.45, 7) is 0. The van der Waals surface area contributed by atoms with Crippen molar-refractivity contribution < 1.29 is 4.74 Å². The zero-order valence-corrected chi connectivity index (χ0v) is 15.9. The number of hydrogen-bond acceptors (Lipinski definition) is 5. The van der Waals surface area contributed by atoms with Gasteiger partial charge in [-0.3, -0.25) is 10.1 Å². The Bertz CT molecular complexity index is 1280. The van der Waals surface area contributed by atoms with Gasteiger partial charge >= 0.3 is 0 Å². The molecule has 5 aromatic rings. The SMILES string of the molecule is COc1ccc2nc(Nc3ccc(Cc4ccncc4)cc3)c3[nH]ncc3c2c1. The van der Waals surface area contributed by atoms with E-state index in [1.807, 2.05) is 48.9 Å². The number of pyridine rings is 2. The van der Waals surface area contributed by atoms with Crippen LogP contribution in [0.5, 0.6) is 5.75 Å². The first-order valence-electron chi connectivity index (χ1n) is 9.36. The molecule has 0 amide bonds. The Balaban J connectivity index is 1.46. The van der Waals surface area contributed by atoms with Crippen molar-refractivity contribution in [1.29, 1.82) is 0 Å². The Kier molecular flexibility index (Phi) is 4.29. The number of ether oxygens (including phenoxy) is 1. The minimum absolute atomic E-state index is 0.747. The van der Waals surface area contributed by atoms with Crippen LogP contribution in [0.25, 0.3) is 21.8 Å². The Morgan fingerprint density at radius 1 is 0.931 bits per heavy atom. The van der Waals surface area contributed by atoms with E-state index in [2.05, 4.69) is 44.8 Å². The average Bonchev–Trinajstić information content (AvgIpc) is 3.26. The number of aromatic amines is 1. The lowest BCUT2D eigenvalue weighted by Crippen LogP contribution is -1.97. The van der Waals surface area contributed by atoms with Gasteiger partial charge in [-0.25, -0.2) is 4.98 Å². The number of aromatic nitrogens is 4.